The molecule has 2 rings (SSSR count). The summed E-state index contributed by atoms with van der Waals surface area (Å²) in [6, 6.07) is 5.12. The molecule has 1 aromatic heterocycles. The summed E-state index contributed by atoms with van der Waals surface area (Å²) < 4.78 is 40.1. The van der Waals surface area contributed by atoms with E-state index in [9.17, 15) is 13.2 Å². The molecule has 1 heterocycles. The second-order valence-corrected chi connectivity index (χ2v) is 5.46. The van der Waals surface area contributed by atoms with Gasteiger partial charge in [-0.1, -0.05) is 19.9 Å². The number of nitrogens with one attached hydrogen (secondary N) is 1. The molecule has 0 spiro atoms. The van der Waals surface area contributed by atoms with Gasteiger partial charge in [0, 0.05) is 18.4 Å². The number of imidazole rings is 1. The molecule has 0 amide bonds. The Morgan fingerprint density at radius 2 is 2.00 bits per heavy atom. The molecule has 0 saturated carbocycles. The molecule has 1 N–H and O–H groups in total. The molecule has 0 bridgehead atoms. The number of anilines is 2. The van der Waals surface area contributed by atoms with Crippen LogP contribution in [0.25, 0.3) is 0 Å². The Hall–Kier alpha value is -1.98. The maximum Gasteiger partial charge on any atom is 0.416 e. The van der Waals surface area contributed by atoms with Gasteiger partial charge in [-0.25, -0.2) is 4.98 Å². The average Bonchev–Trinajstić information content (AvgIpc) is 2.68. The predicted molar refractivity (Wildman–Crippen MR) is 76.5 cm³/mol. The molecule has 6 heteroatoms. The summed E-state index contributed by atoms with van der Waals surface area (Å²) in [7, 11) is 0. The number of alkyl halides is 3. The first-order valence-corrected chi connectivity index (χ1v) is 6.74. The molecule has 21 heavy (non-hydrogen) atoms. The molecule has 0 saturated heterocycles. The van der Waals surface area contributed by atoms with Crippen molar-refractivity contribution in [3.63, 3.8) is 0 Å². The van der Waals surface area contributed by atoms with E-state index in [2.05, 4.69) is 24.1 Å². The van der Waals surface area contributed by atoms with Crippen molar-refractivity contribution in [2.75, 3.05) is 5.32 Å². The minimum absolute atomic E-state index is 0.375. The largest absolute Gasteiger partial charge is 0.416 e. The molecule has 0 aliphatic carbocycles. The SMILES string of the molecule is Cc1cn(CC(C)C)c(Nc2cccc(C(F)(F)F)c2)n1. The highest BCUT2D eigenvalue weighted by Crippen LogP contribution is 2.31. The van der Waals surface area contributed by atoms with Crippen molar-refractivity contribution in [1.82, 2.24) is 9.55 Å². The minimum Gasteiger partial charge on any atom is -0.326 e. The Morgan fingerprint density at radius 3 is 2.62 bits per heavy atom. The van der Waals surface area contributed by atoms with Crippen LogP contribution in [0.2, 0.25) is 0 Å². The molecule has 114 valence electrons. The van der Waals surface area contributed by atoms with Gasteiger partial charge >= 0.3 is 6.18 Å². The number of hydrogen-bond donors (Lipinski definition) is 1. The minimum atomic E-state index is -4.35. The zero-order chi connectivity index (χ0) is 15.6. The first-order valence-electron chi connectivity index (χ1n) is 6.74. The molecule has 0 aliphatic rings. The van der Waals surface area contributed by atoms with Crippen molar-refractivity contribution in [3.05, 3.63) is 41.7 Å². The molecular formula is C15H18F3N3. The molecule has 0 fully saturated rings. The fourth-order valence-corrected chi connectivity index (χ4v) is 2.08. The van der Waals surface area contributed by atoms with Gasteiger partial charge in [0.25, 0.3) is 0 Å². The Kier molecular flexibility index (Phi) is 4.25. The standard InChI is InChI=1S/C15H18F3N3/c1-10(2)8-21-9-11(3)19-14(21)20-13-6-4-5-12(7-13)15(16,17)18/h4-7,9-10H,8H2,1-3H3,(H,19,20). The number of hydrogen-bond acceptors (Lipinski definition) is 2. The summed E-state index contributed by atoms with van der Waals surface area (Å²) in [4.78, 5) is 4.32. The summed E-state index contributed by atoms with van der Waals surface area (Å²) in [5.41, 5.74) is 0.525. The van der Waals surface area contributed by atoms with E-state index < -0.39 is 11.7 Å². The number of benzene rings is 1. The molecule has 3 nitrogen and oxygen atoms in total. The van der Waals surface area contributed by atoms with Crippen LogP contribution in [0.15, 0.2) is 30.5 Å². The number of halogens is 3. The lowest BCUT2D eigenvalue weighted by Gasteiger charge is -2.13. The molecule has 0 aliphatic heterocycles. The predicted octanol–water partition coefficient (Wildman–Crippen LogP) is 4.61. The Bertz CT molecular complexity index is 615. The van der Waals surface area contributed by atoms with Crippen molar-refractivity contribution in [3.8, 4) is 0 Å². The molecule has 0 radical (unpaired) electrons. The van der Waals surface area contributed by atoms with Crippen molar-refractivity contribution in [1.29, 1.82) is 0 Å². The van der Waals surface area contributed by atoms with E-state index in [4.69, 9.17) is 0 Å². The lowest BCUT2D eigenvalue weighted by molar-refractivity contribution is -0.137. The quantitative estimate of drug-likeness (QED) is 0.893. The molecule has 0 atom stereocenters. The van der Waals surface area contributed by atoms with E-state index in [0.29, 0.717) is 17.6 Å². The van der Waals surface area contributed by atoms with Crippen LogP contribution < -0.4 is 5.32 Å². The van der Waals surface area contributed by atoms with Crippen molar-refractivity contribution in [2.45, 2.75) is 33.5 Å². The third kappa shape index (κ3) is 4.00. The second kappa shape index (κ2) is 5.79. The normalized spacial score (nSPS) is 12.0. The lowest BCUT2D eigenvalue weighted by atomic mass is 10.2. The summed E-state index contributed by atoms with van der Waals surface area (Å²) >= 11 is 0. The fraction of sp³-hybridized carbons (Fsp3) is 0.400. The fourth-order valence-electron chi connectivity index (χ4n) is 2.08. The lowest BCUT2D eigenvalue weighted by Crippen LogP contribution is -2.08. The van der Waals surface area contributed by atoms with Gasteiger partial charge < -0.3 is 9.88 Å². The number of aromatic nitrogens is 2. The zero-order valence-corrected chi connectivity index (χ0v) is 12.2. The number of nitrogens with zero attached hydrogens (tertiary/aromatic N) is 2. The van der Waals surface area contributed by atoms with Gasteiger partial charge in [-0.15, -0.1) is 0 Å². The van der Waals surface area contributed by atoms with Crippen LogP contribution in [0.4, 0.5) is 24.8 Å². The summed E-state index contributed by atoms with van der Waals surface area (Å²) in [6.07, 6.45) is -2.46. The smallest absolute Gasteiger partial charge is 0.326 e. The maximum atomic E-state index is 12.7. The van der Waals surface area contributed by atoms with E-state index in [1.165, 1.54) is 6.07 Å². The van der Waals surface area contributed by atoms with E-state index >= 15 is 0 Å². The van der Waals surface area contributed by atoms with E-state index in [1.807, 2.05) is 17.7 Å². The van der Waals surface area contributed by atoms with Crippen LogP contribution in [0.3, 0.4) is 0 Å². The Labute approximate surface area is 121 Å². The van der Waals surface area contributed by atoms with Gasteiger partial charge in [0.15, 0.2) is 0 Å². The molecule has 0 unspecified atom stereocenters. The summed E-state index contributed by atoms with van der Waals surface area (Å²) in [6.45, 7) is 6.75. The van der Waals surface area contributed by atoms with Gasteiger partial charge in [0.1, 0.15) is 0 Å². The molecule has 2 aromatic rings. The van der Waals surface area contributed by atoms with Gasteiger partial charge in [-0.2, -0.15) is 13.2 Å². The zero-order valence-electron chi connectivity index (χ0n) is 12.2. The van der Waals surface area contributed by atoms with Crippen LogP contribution >= 0.6 is 0 Å². The number of rotatable bonds is 4. The van der Waals surface area contributed by atoms with Crippen LogP contribution in [-0.4, -0.2) is 9.55 Å². The second-order valence-electron chi connectivity index (χ2n) is 5.46. The van der Waals surface area contributed by atoms with Gasteiger partial charge in [0.2, 0.25) is 5.95 Å². The van der Waals surface area contributed by atoms with E-state index in [0.717, 1.165) is 24.4 Å². The monoisotopic (exact) mass is 297 g/mol. The van der Waals surface area contributed by atoms with Gasteiger partial charge in [-0.3, -0.25) is 0 Å². The third-order valence-electron chi connectivity index (χ3n) is 2.90. The van der Waals surface area contributed by atoms with Crippen LogP contribution in [0, 0.1) is 12.8 Å². The van der Waals surface area contributed by atoms with Crippen molar-refractivity contribution in [2.24, 2.45) is 5.92 Å². The topological polar surface area (TPSA) is 29.9 Å². The van der Waals surface area contributed by atoms with Crippen LogP contribution in [-0.2, 0) is 12.7 Å². The Morgan fingerprint density at radius 1 is 1.29 bits per heavy atom. The summed E-state index contributed by atoms with van der Waals surface area (Å²) in [5, 5.41) is 2.96. The highest BCUT2D eigenvalue weighted by atomic mass is 19.4. The van der Waals surface area contributed by atoms with E-state index in [-0.39, 0.29) is 0 Å². The highest BCUT2D eigenvalue weighted by Gasteiger charge is 2.30. The van der Waals surface area contributed by atoms with Crippen molar-refractivity contribution >= 4 is 11.6 Å². The van der Waals surface area contributed by atoms with E-state index in [1.54, 1.807) is 6.07 Å². The maximum absolute atomic E-state index is 12.7. The van der Waals surface area contributed by atoms with Crippen LogP contribution in [0.5, 0.6) is 0 Å². The average molecular weight is 297 g/mol. The Balaban J connectivity index is 2.26. The van der Waals surface area contributed by atoms with Crippen LogP contribution in [0.1, 0.15) is 25.1 Å². The highest BCUT2D eigenvalue weighted by molar-refractivity contribution is 5.55. The van der Waals surface area contributed by atoms with Gasteiger partial charge in [-0.05, 0) is 31.0 Å². The first-order chi connectivity index (χ1) is 9.75. The molecular weight excluding hydrogens is 279 g/mol. The number of aryl methyl sites for hydroxylation is 1. The third-order valence-corrected chi connectivity index (χ3v) is 2.90. The van der Waals surface area contributed by atoms with Crippen molar-refractivity contribution < 1.29 is 13.2 Å². The summed E-state index contributed by atoms with van der Waals surface area (Å²) in [5.74, 6) is 0.973. The molecule has 1 aromatic carbocycles. The van der Waals surface area contributed by atoms with Gasteiger partial charge in [0.05, 0.1) is 11.3 Å². The first kappa shape index (κ1) is 15.4.